The lowest BCUT2D eigenvalue weighted by Gasteiger charge is -2.34. The molecule has 0 aliphatic heterocycles. The van der Waals surface area contributed by atoms with Crippen LogP contribution in [0.3, 0.4) is 0 Å². The fraction of sp³-hybridized carbons (Fsp3) is 0.300. The fourth-order valence-corrected chi connectivity index (χ4v) is 4.27. The van der Waals surface area contributed by atoms with E-state index in [0.717, 1.165) is 12.1 Å². The van der Waals surface area contributed by atoms with Gasteiger partial charge in [-0.3, -0.25) is 4.79 Å². The van der Waals surface area contributed by atoms with E-state index < -0.39 is 63.8 Å². The average Bonchev–Trinajstić information content (AvgIpc) is 2.69. The number of aromatic carboxylic acids is 1. The Morgan fingerprint density at radius 2 is 1.13 bits per heavy atom. The summed E-state index contributed by atoms with van der Waals surface area (Å²) in [5.41, 5.74) is 4.40. The van der Waals surface area contributed by atoms with Crippen LogP contribution in [0.25, 0.3) is 0 Å². The predicted octanol–water partition coefficient (Wildman–Crippen LogP) is 2.16. The third kappa shape index (κ3) is 3.25. The monoisotopic (exact) mass is 419 g/mol. The van der Waals surface area contributed by atoms with E-state index in [2.05, 4.69) is 0 Å². The van der Waals surface area contributed by atoms with Gasteiger partial charge < -0.3 is 41.5 Å². The summed E-state index contributed by atoms with van der Waals surface area (Å²) in [5.74, 6) is -9.00. The Hall–Kier alpha value is -3.82. The number of hydrogen-bond donors (Lipinski definition) is 8. The van der Waals surface area contributed by atoms with Crippen molar-refractivity contribution in [2.45, 2.75) is 37.5 Å². The number of aromatic hydroxyl groups is 6. The molecule has 0 spiro atoms. The van der Waals surface area contributed by atoms with Gasteiger partial charge in [0.2, 0.25) is 17.4 Å². The number of phenols is 6. The minimum atomic E-state index is -1.46. The Morgan fingerprint density at radius 1 is 0.733 bits per heavy atom. The number of carboxylic acids is 1. The lowest BCUT2D eigenvalue weighted by atomic mass is 9.69. The summed E-state index contributed by atoms with van der Waals surface area (Å²) < 4.78 is 0. The van der Waals surface area contributed by atoms with Crippen LogP contribution in [0.4, 0.5) is 0 Å². The lowest BCUT2D eigenvalue weighted by molar-refractivity contribution is 0.0692. The number of nitrogens with two attached hydrogens (primary N) is 1. The maximum atomic E-state index is 12.0. The van der Waals surface area contributed by atoms with Gasteiger partial charge in [-0.1, -0.05) is 12.8 Å². The first-order valence-corrected chi connectivity index (χ1v) is 9.14. The van der Waals surface area contributed by atoms with Crippen LogP contribution in [0.15, 0.2) is 12.1 Å². The molecule has 1 aliphatic rings. The highest BCUT2D eigenvalue weighted by atomic mass is 16.4. The van der Waals surface area contributed by atoms with Gasteiger partial charge in [0.1, 0.15) is 0 Å². The quantitative estimate of drug-likeness (QED) is 0.342. The van der Waals surface area contributed by atoms with Crippen LogP contribution < -0.4 is 5.73 Å². The van der Waals surface area contributed by atoms with Crippen molar-refractivity contribution < 1.29 is 45.3 Å². The number of carbonyl (C=O) groups excluding carboxylic acids is 1. The maximum Gasteiger partial charge on any atom is 0.336 e. The molecule has 2 atom stereocenters. The molecule has 0 radical (unpaired) electrons. The maximum absolute atomic E-state index is 12.0. The fourth-order valence-electron chi connectivity index (χ4n) is 4.27. The van der Waals surface area contributed by atoms with Crippen molar-refractivity contribution in [3.63, 3.8) is 0 Å². The van der Waals surface area contributed by atoms with Gasteiger partial charge in [0, 0.05) is 11.1 Å². The highest BCUT2D eigenvalue weighted by Crippen LogP contribution is 2.55. The van der Waals surface area contributed by atoms with E-state index in [1.165, 1.54) is 0 Å². The molecule has 0 saturated heterocycles. The molecule has 0 aromatic heterocycles. The van der Waals surface area contributed by atoms with E-state index in [9.17, 15) is 45.3 Å². The zero-order chi connectivity index (χ0) is 22.3. The highest BCUT2D eigenvalue weighted by molar-refractivity contribution is 5.97. The third-order valence-electron chi connectivity index (χ3n) is 5.59. The summed E-state index contributed by atoms with van der Waals surface area (Å²) in [6.07, 6.45) is 1.86. The lowest BCUT2D eigenvalue weighted by Crippen LogP contribution is -2.23. The van der Waals surface area contributed by atoms with Gasteiger partial charge >= 0.3 is 5.97 Å². The van der Waals surface area contributed by atoms with Crippen LogP contribution in [0, 0.1) is 0 Å². The van der Waals surface area contributed by atoms with Gasteiger partial charge in [0.05, 0.1) is 11.1 Å². The van der Waals surface area contributed by atoms with E-state index in [-0.39, 0.29) is 16.7 Å². The number of carbonyl (C=O) groups is 2. The second kappa shape index (κ2) is 7.54. The number of carboxylic acid groups (broad SMARTS) is 1. The molecule has 160 valence electrons. The largest absolute Gasteiger partial charge is 0.504 e. The van der Waals surface area contributed by atoms with E-state index in [0.29, 0.717) is 25.7 Å². The van der Waals surface area contributed by atoms with Crippen LogP contribution in [0.5, 0.6) is 34.5 Å². The Morgan fingerprint density at radius 3 is 1.53 bits per heavy atom. The zero-order valence-electron chi connectivity index (χ0n) is 15.7. The van der Waals surface area contributed by atoms with Crippen molar-refractivity contribution in [3.05, 3.63) is 34.4 Å². The smallest absolute Gasteiger partial charge is 0.336 e. The van der Waals surface area contributed by atoms with E-state index in [4.69, 9.17) is 5.73 Å². The molecule has 10 heteroatoms. The number of phenolic OH excluding ortho intramolecular Hbond substituents is 6. The van der Waals surface area contributed by atoms with Gasteiger partial charge in [-0.15, -0.1) is 0 Å². The van der Waals surface area contributed by atoms with Gasteiger partial charge in [0.25, 0.3) is 0 Å². The molecule has 1 aliphatic carbocycles. The van der Waals surface area contributed by atoms with Gasteiger partial charge in [0.15, 0.2) is 23.0 Å². The molecule has 30 heavy (non-hydrogen) atoms. The summed E-state index contributed by atoms with van der Waals surface area (Å²) in [7, 11) is 0. The first-order valence-electron chi connectivity index (χ1n) is 9.14. The average molecular weight is 419 g/mol. The summed E-state index contributed by atoms with van der Waals surface area (Å²) in [4.78, 5) is 23.7. The molecule has 3 rings (SSSR count). The Balaban J connectivity index is 2.30. The molecule has 2 aromatic carbocycles. The molecule has 2 aromatic rings. The van der Waals surface area contributed by atoms with Gasteiger partial charge in [-0.05, 0) is 36.8 Å². The summed E-state index contributed by atoms with van der Waals surface area (Å²) in [6.45, 7) is 0. The molecule has 1 amide bonds. The molecule has 0 unspecified atom stereocenters. The van der Waals surface area contributed by atoms with E-state index in [1.807, 2.05) is 0 Å². The molecule has 10 nitrogen and oxygen atoms in total. The highest BCUT2D eigenvalue weighted by Gasteiger charge is 2.38. The Bertz CT molecular complexity index is 964. The number of primary amides is 1. The van der Waals surface area contributed by atoms with Crippen LogP contribution in [0.1, 0.15) is 69.4 Å². The first kappa shape index (κ1) is 20.9. The number of amides is 1. The van der Waals surface area contributed by atoms with Gasteiger partial charge in [-0.25, -0.2) is 4.79 Å². The van der Waals surface area contributed by atoms with Crippen LogP contribution >= 0.6 is 0 Å². The van der Waals surface area contributed by atoms with Gasteiger partial charge in [-0.2, -0.15) is 0 Å². The van der Waals surface area contributed by atoms with Crippen LogP contribution in [-0.2, 0) is 0 Å². The summed E-state index contributed by atoms with van der Waals surface area (Å²) in [5, 5.41) is 70.0. The van der Waals surface area contributed by atoms with E-state index >= 15 is 0 Å². The summed E-state index contributed by atoms with van der Waals surface area (Å²) >= 11 is 0. The molecule has 0 heterocycles. The van der Waals surface area contributed by atoms with Crippen molar-refractivity contribution in [2.24, 2.45) is 5.73 Å². The first-order chi connectivity index (χ1) is 14.1. The van der Waals surface area contributed by atoms with Crippen molar-refractivity contribution in [2.75, 3.05) is 0 Å². The Labute approximate surface area is 170 Å². The number of benzene rings is 2. The molecular formula is C20H21NO9. The molecular weight excluding hydrogens is 398 g/mol. The van der Waals surface area contributed by atoms with Crippen LogP contribution in [-0.4, -0.2) is 47.6 Å². The zero-order valence-corrected chi connectivity index (χ0v) is 15.7. The SMILES string of the molecule is NC(=O)c1cc(O)c(O)c(O)c1[C@@H]1CCCC[C@H]1c1c(C(=O)O)cc(O)c(O)c1O. The summed E-state index contributed by atoms with van der Waals surface area (Å²) in [6, 6.07) is 1.71. The third-order valence-corrected chi connectivity index (χ3v) is 5.59. The number of hydrogen-bond acceptors (Lipinski definition) is 8. The molecule has 1 fully saturated rings. The standard InChI is InChI=1S/C20H21NO9/c21-19(28)9-5-11(22)15(24)17(26)13(9)7-3-1-2-4-8(7)14-10(20(29)30)6-12(23)16(25)18(14)27/h5-8,22-27H,1-4H2,(H2,21,28)(H,29,30)/t7-,8-/m1/s1. The second-order valence-corrected chi connectivity index (χ2v) is 7.28. The van der Waals surface area contributed by atoms with E-state index in [1.54, 1.807) is 0 Å². The second-order valence-electron chi connectivity index (χ2n) is 7.28. The molecule has 9 N–H and O–H groups in total. The topological polar surface area (TPSA) is 202 Å². The predicted molar refractivity (Wildman–Crippen MR) is 102 cm³/mol. The van der Waals surface area contributed by atoms with Crippen molar-refractivity contribution >= 4 is 11.9 Å². The molecule has 1 saturated carbocycles. The normalized spacial score (nSPS) is 18.8. The van der Waals surface area contributed by atoms with Crippen molar-refractivity contribution in [3.8, 4) is 34.5 Å². The minimum absolute atomic E-state index is 0.0918. The van der Waals surface area contributed by atoms with Crippen molar-refractivity contribution in [1.82, 2.24) is 0 Å². The van der Waals surface area contributed by atoms with Crippen LogP contribution in [0.2, 0.25) is 0 Å². The Kier molecular flexibility index (Phi) is 5.26. The number of rotatable bonds is 4. The van der Waals surface area contributed by atoms with Crippen molar-refractivity contribution in [1.29, 1.82) is 0 Å². The minimum Gasteiger partial charge on any atom is -0.504 e. The molecule has 0 bridgehead atoms.